The second-order valence-corrected chi connectivity index (χ2v) is 8.41. The number of pyridine rings is 1. The van der Waals surface area contributed by atoms with E-state index in [1.807, 2.05) is 47.9 Å². The van der Waals surface area contributed by atoms with Crippen LogP contribution >= 0.6 is 0 Å². The first-order chi connectivity index (χ1) is 17.0. The lowest BCUT2D eigenvalue weighted by Crippen LogP contribution is -2.28. The van der Waals surface area contributed by atoms with Gasteiger partial charge in [0.1, 0.15) is 11.3 Å². The predicted octanol–water partition coefficient (Wildman–Crippen LogP) is 5.36. The number of nitro benzene ring substituents is 1. The molecule has 0 saturated heterocycles. The number of amides is 2. The van der Waals surface area contributed by atoms with Crippen LogP contribution in [0.4, 0.5) is 16.2 Å². The van der Waals surface area contributed by atoms with Crippen molar-refractivity contribution in [3.05, 3.63) is 93.4 Å². The summed E-state index contributed by atoms with van der Waals surface area (Å²) in [5.74, 6) is 0.870. The molecule has 180 valence electrons. The normalized spacial score (nSPS) is 10.9. The lowest BCUT2D eigenvalue weighted by molar-refractivity contribution is -0.384. The van der Waals surface area contributed by atoms with Crippen LogP contribution in [0.25, 0.3) is 11.2 Å². The summed E-state index contributed by atoms with van der Waals surface area (Å²) in [6, 6.07) is 16.0. The Hall–Kier alpha value is -4.27. The van der Waals surface area contributed by atoms with Crippen molar-refractivity contribution >= 4 is 28.6 Å². The van der Waals surface area contributed by atoms with Gasteiger partial charge in [0.25, 0.3) is 5.69 Å². The average molecular weight is 473 g/mol. The lowest BCUT2D eigenvalue weighted by atomic mass is 10.2. The standard InChI is InChI=1S/C26H28N6O3/c1-3-4-13-23-30-24-18(2)22(29-26(33)28-15-19-9-6-5-7-10-19)16-27-25(24)31(23)17-20-11-8-12-21(14-20)32(34)35/h5-12,14,16H,3-4,13,15,17H2,1-2H3,(H2,28,29,33). The zero-order valence-electron chi connectivity index (χ0n) is 19.8. The van der Waals surface area contributed by atoms with Gasteiger partial charge in [-0.25, -0.2) is 14.8 Å². The largest absolute Gasteiger partial charge is 0.334 e. The van der Waals surface area contributed by atoms with E-state index in [1.54, 1.807) is 18.3 Å². The van der Waals surface area contributed by atoms with E-state index < -0.39 is 4.92 Å². The molecule has 0 radical (unpaired) electrons. The number of aryl methyl sites for hydroxylation is 2. The molecular weight excluding hydrogens is 444 g/mol. The number of benzene rings is 2. The molecule has 0 saturated carbocycles. The highest BCUT2D eigenvalue weighted by atomic mass is 16.6. The second kappa shape index (κ2) is 10.8. The molecule has 0 aliphatic rings. The Morgan fingerprint density at radius 3 is 2.63 bits per heavy atom. The minimum Gasteiger partial charge on any atom is -0.334 e. The van der Waals surface area contributed by atoms with Gasteiger partial charge < -0.3 is 15.2 Å². The van der Waals surface area contributed by atoms with Crippen molar-refractivity contribution in [1.82, 2.24) is 19.9 Å². The highest BCUT2D eigenvalue weighted by molar-refractivity contribution is 5.93. The Morgan fingerprint density at radius 1 is 1.11 bits per heavy atom. The van der Waals surface area contributed by atoms with Gasteiger partial charge in [0, 0.05) is 30.7 Å². The molecule has 4 aromatic rings. The van der Waals surface area contributed by atoms with Gasteiger partial charge in [-0.3, -0.25) is 10.1 Å². The van der Waals surface area contributed by atoms with Crippen molar-refractivity contribution in [2.45, 2.75) is 46.2 Å². The molecule has 0 bridgehead atoms. The number of nitrogens with one attached hydrogen (secondary N) is 2. The van der Waals surface area contributed by atoms with Crippen molar-refractivity contribution in [1.29, 1.82) is 0 Å². The maximum absolute atomic E-state index is 12.5. The third-order valence-corrected chi connectivity index (χ3v) is 5.86. The van der Waals surface area contributed by atoms with Gasteiger partial charge >= 0.3 is 6.03 Å². The molecule has 2 heterocycles. The number of nitro groups is 1. The van der Waals surface area contributed by atoms with Crippen LogP contribution in [0, 0.1) is 17.0 Å². The summed E-state index contributed by atoms with van der Waals surface area (Å²) in [7, 11) is 0. The molecule has 2 amide bonds. The number of hydrogen-bond donors (Lipinski definition) is 2. The van der Waals surface area contributed by atoms with Crippen LogP contribution in [0.3, 0.4) is 0 Å². The first-order valence-electron chi connectivity index (χ1n) is 11.6. The first kappa shape index (κ1) is 23.9. The van der Waals surface area contributed by atoms with Crippen molar-refractivity contribution < 1.29 is 9.72 Å². The van der Waals surface area contributed by atoms with Crippen molar-refractivity contribution in [2.75, 3.05) is 5.32 Å². The number of non-ortho nitro benzene ring substituents is 1. The molecule has 2 aromatic heterocycles. The van der Waals surface area contributed by atoms with Gasteiger partial charge in [-0.05, 0) is 24.5 Å². The summed E-state index contributed by atoms with van der Waals surface area (Å²) >= 11 is 0. The SMILES string of the molecule is CCCCc1nc2c(C)c(NC(=O)NCc3ccccc3)cnc2n1Cc1cccc([N+](=O)[O-])c1. The molecule has 9 heteroatoms. The Morgan fingerprint density at radius 2 is 1.89 bits per heavy atom. The van der Waals surface area contributed by atoms with E-state index in [-0.39, 0.29) is 11.7 Å². The van der Waals surface area contributed by atoms with E-state index in [2.05, 4.69) is 22.5 Å². The maximum Gasteiger partial charge on any atom is 0.319 e. The van der Waals surface area contributed by atoms with Crippen molar-refractivity contribution in [3.8, 4) is 0 Å². The molecule has 2 aromatic carbocycles. The molecule has 2 N–H and O–H groups in total. The molecule has 0 aliphatic heterocycles. The van der Waals surface area contributed by atoms with Gasteiger partial charge in [-0.15, -0.1) is 0 Å². The number of unbranched alkanes of at least 4 members (excludes halogenated alkanes) is 1. The van der Waals surface area contributed by atoms with Gasteiger partial charge in [0.15, 0.2) is 5.65 Å². The first-order valence-corrected chi connectivity index (χ1v) is 11.6. The van der Waals surface area contributed by atoms with Gasteiger partial charge in [0.05, 0.1) is 23.4 Å². The molecule has 0 atom stereocenters. The van der Waals surface area contributed by atoms with Crippen LogP contribution in [0.1, 0.15) is 42.3 Å². The Balaban J connectivity index is 1.60. The van der Waals surface area contributed by atoms with Crippen LogP contribution in [-0.4, -0.2) is 25.5 Å². The van der Waals surface area contributed by atoms with Crippen LogP contribution in [0.5, 0.6) is 0 Å². The van der Waals surface area contributed by atoms with E-state index in [1.165, 1.54) is 6.07 Å². The highest BCUT2D eigenvalue weighted by Gasteiger charge is 2.18. The monoisotopic (exact) mass is 472 g/mol. The summed E-state index contributed by atoms with van der Waals surface area (Å²) in [5.41, 5.74) is 4.68. The second-order valence-electron chi connectivity index (χ2n) is 8.41. The number of fused-ring (bicyclic) bond motifs is 1. The minimum absolute atomic E-state index is 0.0548. The third-order valence-electron chi connectivity index (χ3n) is 5.86. The quantitative estimate of drug-likeness (QED) is 0.251. The molecule has 0 aliphatic carbocycles. The summed E-state index contributed by atoms with van der Waals surface area (Å²) in [6.45, 7) is 4.87. The Labute approximate surface area is 203 Å². The molecule has 4 rings (SSSR count). The number of nitrogens with zero attached hydrogens (tertiary/aromatic N) is 4. The Bertz CT molecular complexity index is 1350. The summed E-state index contributed by atoms with van der Waals surface area (Å²) in [4.78, 5) is 32.8. The van der Waals surface area contributed by atoms with Gasteiger partial charge in [-0.1, -0.05) is 55.8 Å². The fourth-order valence-electron chi connectivity index (χ4n) is 3.94. The van der Waals surface area contributed by atoms with Crippen LogP contribution < -0.4 is 10.6 Å². The number of carbonyl (C=O) groups excluding carboxylic acids is 1. The summed E-state index contributed by atoms with van der Waals surface area (Å²) in [5, 5.41) is 16.9. The van der Waals surface area contributed by atoms with Crippen LogP contribution in [0.15, 0.2) is 60.8 Å². The number of aromatic nitrogens is 3. The topological polar surface area (TPSA) is 115 Å². The van der Waals surface area contributed by atoms with Gasteiger partial charge in [-0.2, -0.15) is 0 Å². The maximum atomic E-state index is 12.5. The zero-order valence-corrected chi connectivity index (χ0v) is 19.8. The fraction of sp³-hybridized carbons (Fsp3) is 0.269. The Kier molecular flexibility index (Phi) is 7.35. The number of carbonyl (C=O) groups is 1. The lowest BCUT2D eigenvalue weighted by Gasteiger charge is -2.11. The van der Waals surface area contributed by atoms with Crippen molar-refractivity contribution in [3.63, 3.8) is 0 Å². The summed E-state index contributed by atoms with van der Waals surface area (Å²) < 4.78 is 2.01. The van der Waals surface area contributed by atoms with E-state index in [4.69, 9.17) is 4.98 Å². The highest BCUT2D eigenvalue weighted by Crippen LogP contribution is 2.26. The molecule has 35 heavy (non-hydrogen) atoms. The third kappa shape index (κ3) is 5.63. The molecule has 0 spiro atoms. The van der Waals surface area contributed by atoms with Crippen LogP contribution in [0.2, 0.25) is 0 Å². The number of urea groups is 1. The van der Waals surface area contributed by atoms with E-state index >= 15 is 0 Å². The molecule has 9 nitrogen and oxygen atoms in total. The summed E-state index contributed by atoms with van der Waals surface area (Å²) in [6.07, 6.45) is 4.38. The average Bonchev–Trinajstić information content (AvgIpc) is 3.21. The van der Waals surface area contributed by atoms with E-state index in [0.29, 0.717) is 29.9 Å². The number of rotatable bonds is 9. The number of imidazole rings is 1. The number of anilines is 1. The predicted molar refractivity (Wildman–Crippen MR) is 135 cm³/mol. The zero-order chi connectivity index (χ0) is 24.8. The van der Waals surface area contributed by atoms with E-state index in [9.17, 15) is 14.9 Å². The van der Waals surface area contributed by atoms with Crippen LogP contribution in [-0.2, 0) is 19.5 Å². The minimum atomic E-state index is -0.392. The van der Waals surface area contributed by atoms with Gasteiger partial charge in [0.2, 0.25) is 0 Å². The molecule has 0 fully saturated rings. The smallest absolute Gasteiger partial charge is 0.319 e. The fourth-order valence-corrected chi connectivity index (χ4v) is 3.94. The van der Waals surface area contributed by atoms with E-state index in [0.717, 1.165) is 41.8 Å². The molecular formula is C26H28N6O3. The molecule has 0 unspecified atom stereocenters. The number of hydrogen-bond acceptors (Lipinski definition) is 5. The van der Waals surface area contributed by atoms with Crippen molar-refractivity contribution in [2.24, 2.45) is 0 Å².